The van der Waals surface area contributed by atoms with Crippen molar-refractivity contribution < 1.29 is 4.42 Å². The summed E-state index contributed by atoms with van der Waals surface area (Å²) in [4.78, 5) is 3.85. The van der Waals surface area contributed by atoms with Crippen molar-refractivity contribution in [1.29, 1.82) is 0 Å². The number of hydrogen-bond acceptors (Lipinski definition) is 4. The first-order chi connectivity index (χ1) is 8.45. The summed E-state index contributed by atoms with van der Waals surface area (Å²) in [5.74, 6) is 1.05. The van der Waals surface area contributed by atoms with Crippen LogP contribution in [0.5, 0.6) is 0 Å². The SMILES string of the molecule is c1coc([C@H](c2cccs2)N2CCNCC2)c1. The molecule has 3 nitrogen and oxygen atoms in total. The molecule has 0 aromatic carbocycles. The van der Waals surface area contributed by atoms with Gasteiger partial charge >= 0.3 is 0 Å². The van der Waals surface area contributed by atoms with Crippen molar-refractivity contribution in [1.82, 2.24) is 10.2 Å². The van der Waals surface area contributed by atoms with Crippen molar-refractivity contribution >= 4 is 11.3 Å². The van der Waals surface area contributed by atoms with Crippen LogP contribution in [0.15, 0.2) is 40.3 Å². The minimum Gasteiger partial charge on any atom is -0.467 e. The van der Waals surface area contributed by atoms with E-state index >= 15 is 0 Å². The van der Waals surface area contributed by atoms with E-state index in [1.165, 1.54) is 4.88 Å². The fraction of sp³-hybridized carbons (Fsp3) is 0.385. The van der Waals surface area contributed by atoms with E-state index in [4.69, 9.17) is 4.42 Å². The van der Waals surface area contributed by atoms with Gasteiger partial charge in [-0.3, -0.25) is 4.90 Å². The van der Waals surface area contributed by atoms with E-state index in [9.17, 15) is 0 Å². The molecule has 17 heavy (non-hydrogen) atoms. The highest BCUT2D eigenvalue weighted by atomic mass is 32.1. The maximum atomic E-state index is 5.62. The van der Waals surface area contributed by atoms with Gasteiger partial charge in [0.05, 0.1) is 6.26 Å². The van der Waals surface area contributed by atoms with Gasteiger partial charge in [-0.2, -0.15) is 0 Å². The van der Waals surface area contributed by atoms with Crippen molar-refractivity contribution in [2.45, 2.75) is 6.04 Å². The predicted octanol–water partition coefficient (Wildman–Crippen LogP) is 2.34. The zero-order valence-corrected chi connectivity index (χ0v) is 10.5. The normalized spacial score (nSPS) is 19.3. The zero-order valence-electron chi connectivity index (χ0n) is 9.63. The number of furan rings is 1. The highest BCUT2D eigenvalue weighted by molar-refractivity contribution is 7.10. The van der Waals surface area contributed by atoms with Crippen LogP contribution in [-0.2, 0) is 0 Å². The van der Waals surface area contributed by atoms with Crippen LogP contribution in [0.25, 0.3) is 0 Å². The Hall–Kier alpha value is -1.10. The second-order valence-corrected chi connectivity index (χ2v) is 5.20. The molecule has 3 heterocycles. The first kappa shape index (κ1) is 11.0. The minimum absolute atomic E-state index is 0.284. The van der Waals surface area contributed by atoms with Crippen LogP contribution in [0.4, 0.5) is 0 Å². The highest BCUT2D eigenvalue weighted by Gasteiger charge is 2.26. The smallest absolute Gasteiger partial charge is 0.126 e. The van der Waals surface area contributed by atoms with E-state index in [1.807, 2.05) is 6.07 Å². The summed E-state index contributed by atoms with van der Waals surface area (Å²) in [6.07, 6.45) is 1.76. The van der Waals surface area contributed by atoms with Crippen LogP contribution in [0.2, 0.25) is 0 Å². The monoisotopic (exact) mass is 248 g/mol. The van der Waals surface area contributed by atoms with Crippen LogP contribution in [0.1, 0.15) is 16.7 Å². The van der Waals surface area contributed by atoms with Gasteiger partial charge < -0.3 is 9.73 Å². The van der Waals surface area contributed by atoms with E-state index in [2.05, 4.69) is 33.8 Å². The van der Waals surface area contributed by atoms with Gasteiger partial charge in [-0.1, -0.05) is 6.07 Å². The molecule has 3 rings (SSSR count). The lowest BCUT2D eigenvalue weighted by molar-refractivity contribution is 0.182. The standard InChI is InChI=1S/C13H16N2OS/c1-3-11(16-9-1)13(12-4-2-10-17-12)15-7-5-14-6-8-15/h1-4,9-10,13-14H,5-8H2/t13-/m1/s1. The Morgan fingerprint density at radius 3 is 2.76 bits per heavy atom. The summed E-state index contributed by atoms with van der Waals surface area (Å²) in [5, 5.41) is 5.52. The molecule has 2 aromatic heterocycles. The Morgan fingerprint density at radius 1 is 1.24 bits per heavy atom. The number of rotatable bonds is 3. The average molecular weight is 248 g/mol. The minimum atomic E-state index is 0.284. The molecule has 90 valence electrons. The summed E-state index contributed by atoms with van der Waals surface area (Å²) in [5.41, 5.74) is 0. The van der Waals surface area contributed by atoms with Crippen molar-refractivity contribution in [3.8, 4) is 0 Å². The third kappa shape index (κ3) is 2.29. The number of piperazine rings is 1. The van der Waals surface area contributed by atoms with Crippen molar-refractivity contribution in [3.05, 3.63) is 46.5 Å². The van der Waals surface area contributed by atoms with Gasteiger partial charge in [-0.15, -0.1) is 11.3 Å². The number of nitrogens with zero attached hydrogens (tertiary/aromatic N) is 1. The van der Waals surface area contributed by atoms with Gasteiger partial charge in [-0.05, 0) is 23.6 Å². The number of hydrogen-bond donors (Lipinski definition) is 1. The van der Waals surface area contributed by atoms with Crippen molar-refractivity contribution in [2.24, 2.45) is 0 Å². The van der Waals surface area contributed by atoms with E-state index in [-0.39, 0.29) is 6.04 Å². The van der Waals surface area contributed by atoms with Gasteiger partial charge in [0.2, 0.25) is 0 Å². The van der Waals surface area contributed by atoms with E-state index < -0.39 is 0 Å². The summed E-state index contributed by atoms with van der Waals surface area (Å²) < 4.78 is 5.62. The Bertz CT molecular complexity index is 398. The molecular formula is C13H16N2OS. The first-order valence-corrected chi connectivity index (χ1v) is 6.85. The third-order valence-electron chi connectivity index (χ3n) is 3.14. The Kier molecular flexibility index (Phi) is 3.27. The molecule has 1 aliphatic rings. The molecule has 0 saturated carbocycles. The Morgan fingerprint density at radius 2 is 2.12 bits per heavy atom. The summed E-state index contributed by atoms with van der Waals surface area (Å²) in [7, 11) is 0. The Balaban J connectivity index is 1.91. The van der Waals surface area contributed by atoms with Gasteiger partial charge in [-0.25, -0.2) is 0 Å². The van der Waals surface area contributed by atoms with Gasteiger partial charge in [0.15, 0.2) is 0 Å². The average Bonchev–Trinajstić information content (AvgIpc) is 3.04. The van der Waals surface area contributed by atoms with E-state index in [0.717, 1.165) is 31.9 Å². The highest BCUT2D eigenvalue weighted by Crippen LogP contribution is 2.32. The van der Waals surface area contributed by atoms with E-state index in [1.54, 1.807) is 17.6 Å². The van der Waals surface area contributed by atoms with Crippen molar-refractivity contribution in [2.75, 3.05) is 26.2 Å². The van der Waals surface area contributed by atoms with Crippen LogP contribution in [-0.4, -0.2) is 31.1 Å². The summed E-state index contributed by atoms with van der Waals surface area (Å²) in [6.45, 7) is 4.26. The molecule has 0 unspecified atom stereocenters. The lowest BCUT2D eigenvalue weighted by atomic mass is 10.1. The molecular weight excluding hydrogens is 232 g/mol. The van der Waals surface area contributed by atoms with Crippen LogP contribution >= 0.6 is 11.3 Å². The molecule has 2 aromatic rings. The Labute approximate surface area is 105 Å². The molecule has 1 aliphatic heterocycles. The fourth-order valence-corrected chi connectivity index (χ4v) is 3.20. The van der Waals surface area contributed by atoms with Crippen LogP contribution in [0, 0.1) is 0 Å². The maximum Gasteiger partial charge on any atom is 0.126 e. The molecule has 0 spiro atoms. The molecule has 0 bridgehead atoms. The molecule has 0 aliphatic carbocycles. The van der Waals surface area contributed by atoms with Gasteiger partial charge in [0.25, 0.3) is 0 Å². The van der Waals surface area contributed by atoms with Gasteiger partial charge in [0, 0.05) is 31.1 Å². The molecule has 1 N–H and O–H groups in total. The molecule has 1 saturated heterocycles. The number of nitrogens with one attached hydrogen (secondary N) is 1. The summed E-state index contributed by atoms with van der Waals surface area (Å²) >= 11 is 1.80. The molecule has 1 atom stereocenters. The zero-order chi connectivity index (χ0) is 11.5. The molecule has 0 amide bonds. The number of thiophene rings is 1. The maximum absolute atomic E-state index is 5.62. The molecule has 0 radical (unpaired) electrons. The third-order valence-corrected chi connectivity index (χ3v) is 4.07. The quantitative estimate of drug-likeness (QED) is 0.903. The summed E-state index contributed by atoms with van der Waals surface area (Å²) in [6, 6.07) is 8.63. The second-order valence-electron chi connectivity index (χ2n) is 4.22. The van der Waals surface area contributed by atoms with Crippen LogP contribution < -0.4 is 5.32 Å². The lowest BCUT2D eigenvalue weighted by Crippen LogP contribution is -2.45. The van der Waals surface area contributed by atoms with Crippen LogP contribution in [0.3, 0.4) is 0 Å². The largest absolute Gasteiger partial charge is 0.467 e. The van der Waals surface area contributed by atoms with E-state index in [0.29, 0.717) is 0 Å². The lowest BCUT2D eigenvalue weighted by Gasteiger charge is -2.33. The van der Waals surface area contributed by atoms with Crippen molar-refractivity contribution in [3.63, 3.8) is 0 Å². The second kappa shape index (κ2) is 5.04. The van der Waals surface area contributed by atoms with Gasteiger partial charge in [0.1, 0.15) is 11.8 Å². The molecule has 1 fully saturated rings. The fourth-order valence-electron chi connectivity index (χ4n) is 2.33. The topological polar surface area (TPSA) is 28.4 Å². The molecule has 4 heteroatoms. The predicted molar refractivity (Wildman–Crippen MR) is 69.3 cm³/mol. The first-order valence-electron chi connectivity index (χ1n) is 5.97.